The predicted molar refractivity (Wildman–Crippen MR) is 114 cm³/mol. The van der Waals surface area contributed by atoms with E-state index >= 15 is 0 Å². The van der Waals surface area contributed by atoms with Crippen molar-refractivity contribution in [2.45, 2.75) is 38.5 Å². The molecule has 0 atom stereocenters. The molecule has 4 nitrogen and oxygen atoms in total. The Bertz CT molecular complexity index is 867. The lowest BCUT2D eigenvalue weighted by Crippen LogP contribution is -2.52. The summed E-state index contributed by atoms with van der Waals surface area (Å²) in [4.78, 5) is 13.3. The maximum absolute atomic E-state index is 13.3. The molecule has 2 aromatic rings. The number of nitrogens with one attached hydrogen (secondary N) is 1. The number of hydrogen-bond donors (Lipinski definition) is 2. The zero-order chi connectivity index (χ0) is 20.0. The molecular formula is C24H25ClN2O2. The van der Waals surface area contributed by atoms with Crippen molar-refractivity contribution in [3.05, 3.63) is 64.7 Å². The molecule has 0 spiro atoms. The van der Waals surface area contributed by atoms with Crippen molar-refractivity contribution in [3.63, 3.8) is 0 Å². The first kappa shape index (κ1) is 18.7. The fourth-order valence-corrected chi connectivity index (χ4v) is 6.26. The molecule has 4 aliphatic rings. The van der Waals surface area contributed by atoms with Crippen LogP contribution in [0.15, 0.2) is 53.6 Å². The van der Waals surface area contributed by atoms with Gasteiger partial charge in [0.05, 0.1) is 11.1 Å². The van der Waals surface area contributed by atoms with Crippen LogP contribution < -0.4 is 5.43 Å². The predicted octanol–water partition coefficient (Wildman–Crippen LogP) is 5.13. The molecule has 0 saturated heterocycles. The summed E-state index contributed by atoms with van der Waals surface area (Å²) in [5.74, 6) is 2.40. The summed E-state index contributed by atoms with van der Waals surface area (Å²) in [5.41, 5.74) is 5.04. The normalized spacial score (nSPS) is 30.4. The third kappa shape index (κ3) is 3.55. The van der Waals surface area contributed by atoms with E-state index in [1.165, 1.54) is 19.3 Å². The Hall–Kier alpha value is -2.33. The molecule has 2 aromatic carbocycles. The van der Waals surface area contributed by atoms with Gasteiger partial charge in [0.2, 0.25) is 5.91 Å². The molecule has 0 aliphatic heterocycles. The number of carbonyl (C=O) groups excluding carboxylic acids is 1. The molecular weight excluding hydrogens is 384 g/mol. The Morgan fingerprint density at radius 2 is 1.38 bits per heavy atom. The second-order valence-corrected chi connectivity index (χ2v) is 9.59. The maximum Gasteiger partial charge on any atom is 0.246 e. The fourth-order valence-electron chi connectivity index (χ4n) is 6.14. The topological polar surface area (TPSA) is 61.7 Å². The Balaban J connectivity index is 1.44. The second kappa shape index (κ2) is 7.17. The zero-order valence-corrected chi connectivity index (χ0v) is 17.0. The highest BCUT2D eigenvalue weighted by Crippen LogP contribution is 2.60. The van der Waals surface area contributed by atoms with Gasteiger partial charge in [0.15, 0.2) is 0 Å². The van der Waals surface area contributed by atoms with Gasteiger partial charge in [0.1, 0.15) is 5.75 Å². The first-order valence-electron chi connectivity index (χ1n) is 10.4. The van der Waals surface area contributed by atoms with Crippen LogP contribution >= 0.6 is 11.6 Å². The Kier molecular flexibility index (Phi) is 4.62. The van der Waals surface area contributed by atoms with Crippen molar-refractivity contribution in [1.29, 1.82) is 0 Å². The summed E-state index contributed by atoms with van der Waals surface area (Å²) in [7, 11) is 0. The average molecular weight is 409 g/mol. The van der Waals surface area contributed by atoms with Crippen LogP contribution in [-0.4, -0.2) is 16.7 Å². The van der Waals surface area contributed by atoms with Gasteiger partial charge in [-0.3, -0.25) is 4.79 Å². The molecule has 6 rings (SSSR count). The van der Waals surface area contributed by atoms with Crippen LogP contribution in [0.2, 0.25) is 5.02 Å². The van der Waals surface area contributed by atoms with Crippen LogP contribution in [0.1, 0.15) is 49.7 Å². The van der Waals surface area contributed by atoms with Crippen molar-refractivity contribution in [3.8, 4) is 5.75 Å². The lowest BCUT2D eigenvalue weighted by atomic mass is 9.49. The summed E-state index contributed by atoms with van der Waals surface area (Å²) in [6.07, 6.45) is 6.94. The third-order valence-electron chi connectivity index (χ3n) is 7.05. The minimum Gasteiger partial charge on any atom is -0.508 e. The highest BCUT2D eigenvalue weighted by Gasteiger charge is 2.54. The quantitative estimate of drug-likeness (QED) is 0.544. The SMILES string of the molecule is O=C(N/N=C(/c1ccc(O)cc1)c1ccc(Cl)cc1)C12CC3CC(CC(C3)C1)C2. The van der Waals surface area contributed by atoms with Crippen molar-refractivity contribution >= 4 is 23.2 Å². The summed E-state index contributed by atoms with van der Waals surface area (Å²) < 4.78 is 0. The Morgan fingerprint density at radius 1 is 0.897 bits per heavy atom. The standard InChI is InChI=1S/C24H25ClN2O2/c25-20-5-1-18(2-6-20)22(19-3-7-21(28)8-4-19)26-27-23(29)24-12-15-9-16(13-24)11-17(10-15)14-24/h1-8,15-17,28H,9-14H2,(H,27,29)/b26-22+. The van der Waals surface area contributed by atoms with E-state index in [1.807, 2.05) is 24.3 Å². The van der Waals surface area contributed by atoms with E-state index in [2.05, 4.69) is 10.5 Å². The van der Waals surface area contributed by atoms with Gasteiger partial charge in [-0.15, -0.1) is 0 Å². The molecule has 0 radical (unpaired) electrons. The van der Waals surface area contributed by atoms with E-state index in [4.69, 9.17) is 11.6 Å². The number of amides is 1. The van der Waals surface area contributed by atoms with Gasteiger partial charge in [-0.2, -0.15) is 5.10 Å². The molecule has 0 aromatic heterocycles. The molecule has 0 heterocycles. The van der Waals surface area contributed by atoms with E-state index in [0.29, 0.717) is 28.5 Å². The number of phenols is 1. The molecule has 4 aliphatic carbocycles. The lowest BCUT2D eigenvalue weighted by Gasteiger charge is -2.55. The number of nitrogens with zero attached hydrogens (tertiary/aromatic N) is 1. The molecule has 150 valence electrons. The van der Waals surface area contributed by atoms with Crippen LogP contribution in [0.4, 0.5) is 0 Å². The number of rotatable bonds is 4. The fraction of sp³-hybridized carbons (Fsp3) is 0.417. The Labute approximate surface area is 176 Å². The Morgan fingerprint density at radius 3 is 1.90 bits per heavy atom. The van der Waals surface area contributed by atoms with E-state index in [-0.39, 0.29) is 17.1 Å². The molecule has 4 bridgehead atoms. The van der Waals surface area contributed by atoms with Crippen molar-refractivity contribution < 1.29 is 9.90 Å². The molecule has 1 amide bonds. The molecule has 5 heteroatoms. The number of halogens is 1. The largest absolute Gasteiger partial charge is 0.508 e. The van der Waals surface area contributed by atoms with Crippen molar-refractivity contribution in [2.75, 3.05) is 0 Å². The minimum atomic E-state index is -0.238. The summed E-state index contributed by atoms with van der Waals surface area (Å²) >= 11 is 6.04. The number of benzene rings is 2. The average Bonchev–Trinajstić information content (AvgIpc) is 2.69. The van der Waals surface area contributed by atoms with E-state index < -0.39 is 0 Å². The van der Waals surface area contributed by atoms with Crippen LogP contribution in [0.5, 0.6) is 5.75 Å². The van der Waals surface area contributed by atoms with Crippen molar-refractivity contribution in [1.82, 2.24) is 5.43 Å². The third-order valence-corrected chi connectivity index (χ3v) is 7.30. The molecule has 4 fully saturated rings. The number of phenolic OH excluding ortho intramolecular Hbond substituents is 1. The van der Waals surface area contributed by atoms with Gasteiger partial charge in [-0.05, 0) is 92.7 Å². The van der Waals surface area contributed by atoms with Gasteiger partial charge in [-0.1, -0.05) is 23.7 Å². The van der Waals surface area contributed by atoms with E-state index in [1.54, 1.807) is 24.3 Å². The first-order valence-corrected chi connectivity index (χ1v) is 10.8. The smallest absolute Gasteiger partial charge is 0.246 e. The molecule has 2 N–H and O–H groups in total. The summed E-state index contributed by atoms with van der Waals surface area (Å²) in [6.45, 7) is 0. The highest BCUT2D eigenvalue weighted by molar-refractivity contribution is 6.30. The van der Waals surface area contributed by atoms with Gasteiger partial charge in [0.25, 0.3) is 0 Å². The molecule has 0 unspecified atom stereocenters. The van der Waals surface area contributed by atoms with Gasteiger partial charge >= 0.3 is 0 Å². The lowest BCUT2D eigenvalue weighted by molar-refractivity contribution is -0.146. The molecule has 29 heavy (non-hydrogen) atoms. The van der Waals surface area contributed by atoms with Crippen LogP contribution in [0.3, 0.4) is 0 Å². The zero-order valence-electron chi connectivity index (χ0n) is 16.3. The van der Waals surface area contributed by atoms with Crippen molar-refractivity contribution in [2.24, 2.45) is 28.3 Å². The monoisotopic (exact) mass is 408 g/mol. The number of hydrazone groups is 1. The summed E-state index contributed by atoms with van der Waals surface area (Å²) in [5, 5.41) is 14.9. The minimum absolute atomic E-state index is 0.0711. The van der Waals surface area contributed by atoms with Gasteiger partial charge < -0.3 is 5.11 Å². The first-order chi connectivity index (χ1) is 14.0. The number of aromatic hydroxyl groups is 1. The van der Waals surface area contributed by atoms with Crippen LogP contribution in [-0.2, 0) is 4.79 Å². The van der Waals surface area contributed by atoms with Crippen LogP contribution in [0, 0.1) is 23.2 Å². The van der Waals surface area contributed by atoms with Gasteiger partial charge in [0, 0.05) is 16.1 Å². The highest BCUT2D eigenvalue weighted by atomic mass is 35.5. The van der Waals surface area contributed by atoms with Crippen LogP contribution in [0.25, 0.3) is 0 Å². The van der Waals surface area contributed by atoms with Gasteiger partial charge in [-0.25, -0.2) is 5.43 Å². The number of hydrogen-bond acceptors (Lipinski definition) is 3. The second-order valence-electron chi connectivity index (χ2n) is 9.15. The number of carbonyl (C=O) groups is 1. The van der Waals surface area contributed by atoms with E-state index in [0.717, 1.165) is 30.4 Å². The maximum atomic E-state index is 13.3. The van der Waals surface area contributed by atoms with E-state index in [9.17, 15) is 9.90 Å². The molecule has 4 saturated carbocycles. The summed E-state index contributed by atoms with van der Waals surface area (Å²) in [6, 6.07) is 14.3.